The molecule has 0 aromatic carbocycles. The van der Waals surface area contributed by atoms with Crippen molar-refractivity contribution in [2.75, 3.05) is 52.3 Å². The van der Waals surface area contributed by atoms with Crippen molar-refractivity contribution in [1.29, 1.82) is 0 Å². The van der Waals surface area contributed by atoms with Crippen LogP contribution in [0.1, 0.15) is 13.3 Å². The Balaban J connectivity index is 1.82. The second-order valence-corrected chi connectivity index (χ2v) is 5.60. The minimum atomic E-state index is -0.109. The summed E-state index contributed by atoms with van der Waals surface area (Å²) in [5.74, 6) is 0.516. The first kappa shape index (κ1) is 17.5. The van der Waals surface area contributed by atoms with Gasteiger partial charge in [0.05, 0.1) is 18.5 Å². The first-order chi connectivity index (χ1) is 11.1. The van der Waals surface area contributed by atoms with Crippen LogP contribution in [0.15, 0.2) is 18.3 Å². The Morgan fingerprint density at radius 1 is 1.48 bits per heavy atom. The lowest BCUT2D eigenvalue weighted by Crippen LogP contribution is -2.41. The smallest absolute Gasteiger partial charge is 0.321 e. The van der Waals surface area contributed by atoms with E-state index in [0.29, 0.717) is 24.8 Å². The SMILES string of the molecule is CCN1CC[C@H](N(C)C(=O)Nc2ccc(OCCOC)nc2)C1. The Labute approximate surface area is 137 Å². The van der Waals surface area contributed by atoms with Crippen LogP contribution in [0.4, 0.5) is 10.5 Å². The maximum absolute atomic E-state index is 12.3. The van der Waals surface area contributed by atoms with Crippen LogP contribution in [-0.2, 0) is 4.74 Å². The normalized spacial score (nSPS) is 18.0. The van der Waals surface area contributed by atoms with Crippen LogP contribution in [0.2, 0.25) is 0 Å². The van der Waals surface area contributed by atoms with Crippen molar-refractivity contribution in [3.8, 4) is 5.88 Å². The third kappa shape index (κ3) is 5.07. The van der Waals surface area contributed by atoms with Crippen molar-refractivity contribution < 1.29 is 14.3 Å². The van der Waals surface area contributed by atoms with Gasteiger partial charge in [-0.25, -0.2) is 9.78 Å². The lowest BCUT2D eigenvalue weighted by Gasteiger charge is -2.25. The summed E-state index contributed by atoms with van der Waals surface area (Å²) in [6, 6.07) is 3.68. The summed E-state index contributed by atoms with van der Waals surface area (Å²) in [6.45, 7) is 6.12. The summed E-state index contributed by atoms with van der Waals surface area (Å²) < 4.78 is 10.3. The van der Waals surface area contributed by atoms with Gasteiger partial charge in [-0.15, -0.1) is 0 Å². The molecule has 0 spiro atoms. The molecule has 0 aliphatic carbocycles. The maximum Gasteiger partial charge on any atom is 0.321 e. The number of amides is 2. The molecule has 1 aromatic rings. The van der Waals surface area contributed by atoms with Crippen LogP contribution in [0.3, 0.4) is 0 Å². The lowest BCUT2D eigenvalue weighted by atomic mass is 10.2. The number of ether oxygens (including phenoxy) is 2. The molecule has 2 rings (SSSR count). The van der Waals surface area contributed by atoms with Crippen molar-refractivity contribution in [1.82, 2.24) is 14.8 Å². The second kappa shape index (κ2) is 8.69. The zero-order valence-corrected chi connectivity index (χ0v) is 14.1. The first-order valence-electron chi connectivity index (χ1n) is 7.98. The second-order valence-electron chi connectivity index (χ2n) is 5.60. The average molecular weight is 322 g/mol. The molecule has 2 amide bonds. The fourth-order valence-corrected chi connectivity index (χ4v) is 2.56. The molecule has 0 saturated carbocycles. The van der Waals surface area contributed by atoms with Crippen LogP contribution in [0.25, 0.3) is 0 Å². The number of rotatable bonds is 7. The van der Waals surface area contributed by atoms with E-state index in [2.05, 4.69) is 22.1 Å². The number of methoxy groups -OCH3 is 1. The Bertz CT molecular complexity index is 495. The number of nitrogens with one attached hydrogen (secondary N) is 1. The van der Waals surface area contributed by atoms with E-state index in [1.165, 1.54) is 0 Å². The molecule has 1 aliphatic rings. The van der Waals surface area contributed by atoms with Gasteiger partial charge < -0.3 is 24.6 Å². The number of anilines is 1. The van der Waals surface area contributed by atoms with Crippen molar-refractivity contribution in [2.45, 2.75) is 19.4 Å². The largest absolute Gasteiger partial charge is 0.475 e. The number of hydrogen-bond acceptors (Lipinski definition) is 5. The molecule has 1 N–H and O–H groups in total. The first-order valence-corrected chi connectivity index (χ1v) is 7.98. The summed E-state index contributed by atoms with van der Waals surface area (Å²) in [6.07, 6.45) is 2.61. The Hall–Kier alpha value is -1.86. The zero-order chi connectivity index (χ0) is 16.7. The van der Waals surface area contributed by atoms with Gasteiger partial charge in [-0.05, 0) is 19.0 Å². The number of likely N-dealkylation sites (tertiary alicyclic amines) is 1. The number of carbonyl (C=O) groups excluding carboxylic acids is 1. The van der Waals surface area contributed by atoms with Crippen molar-refractivity contribution in [2.24, 2.45) is 0 Å². The number of urea groups is 1. The fourth-order valence-electron chi connectivity index (χ4n) is 2.56. The van der Waals surface area contributed by atoms with Crippen LogP contribution in [0.5, 0.6) is 5.88 Å². The standard InChI is InChI=1S/C16H26N4O3/c1-4-20-8-7-14(12-20)19(2)16(21)18-13-5-6-15(17-11-13)23-10-9-22-3/h5-6,11,14H,4,7-10,12H2,1-3H3,(H,18,21)/t14-/m0/s1. The average Bonchev–Trinajstić information content (AvgIpc) is 3.05. The molecule has 1 saturated heterocycles. The predicted octanol–water partition coefficient (Wildman–Crippen LogP) is 1.66. The summed E-state index contributed by atoms with van der Waals surface area (Å²) >= 11 is 0. The van der Waals surface area contributed by atoms with Crippen molar-refractivity contribution in [3.63, 3.8) is 0 Å². The monoisotopic (exact) mass is 322 g/mol. The lowest BCUT2D eigenvalue weighted by molar-refractivity contribution is 0.144. The molecule has 7 nitrogen and oxygen atoms in total. The minimum absolute atomic E-state index is 0.109. The van der Waals surface area contributed by atoms with Gasteiger partial charge in [0.2, 0.25) is 5.88 Å². The van der Waals surface area contributed by atoms with Crippen molar-refractivity contribution in [3.05, 3.63) is 18.3 Å². The minimum Gasteiger partial charge on any atom is -0.475 e. The summed E-state index contributed by atoms with van der Waals surface area (Å²) in [5, 5.41) is 2.87. The van der Waals surface area contributed by atoms with Gasteiger partial charge in [0.25, 0.3) is 0 Å². The molecule has 1 aromatic heterocycles. The maximum atomic E-state index is 12.3. The van der Waals surface area contributed by atoms with Gasteiger partial charge in [0.1, 0.15) is 6.61 Å². The summed E-state index contributed by atoms with van der Waals surface area (Å²) in [7, 11) is 3.46. The molecule has 0 radical (unpaired) electrons. The van der Waals surface area contributed by atoms with E-state index >= 15 is 0 Å². The highest BCUT2D eigenvalue weighted by molar-refractivity contribution is 5.89. The molecule has 0 bridgehead atoms. The highest BCUT2D eigenvalue weighted by Crippen LogP contribution is 2.16. The van der Waals surface area contributed by atoms with E-state index < -0.39 is 0 Å². The molecular formula is C16H26N4O3. The molecular weight excluding hydrogens is 296 g/mol. The Morgan fingerprint density at radius 2 is 2.30 bits per heavy atom. The molecule has 1 fully saturated rings. The van der Waals surface area contributed by atoms with Crippen LogP contribution in [-0.4, -0.2) is 73.9 Å². The van der Waals surface area contributed by atoms with E-state index in [1.807, 2.05) is 7.05 Å². The highest BCUT2D eigenvalue weighted by Gasteiger charge is 2.27. The number of aromatic nitrogens is 1. The van der Waals surface area contributed by atoms with E-state index in [4.69, 9.17) is 9.47 Å². The van der Waals surface area contributed by atoms with Crippen LogP contribution >= 0.6 is 0 Å². The van der Waals surface area contributed by atoms with E-state index in [1.54, 1.807) is 30.3 Å². The summed E-state index contributed by atoms with van der Waals surface area (Å²) in [5.41, 5.74) is 0.659. The van der Waals surface area contributed by atoms with Gasteiger partial charge in [-0.1, -0.05) is 6.92 Å². The number of nitrogens with zero attached hydrogens (tertiary/aromatic N) is 3. The number of likely N-dealkylation sites (N-methyl/N-ethyl adjacent to an activating group) is 2. The predicted molar refractivity (Wildman–Crippen MR) is 88.9 cm³/mol. The quantitative estimate of drug-likeness (QED) is 0.774. The molecule has 2 heterocycles. The van der Waals surface area contributed by atoms with Crippen molar-refractivity contribution >= 4 is 11.7 Å². The molecule has 1 aliphatic heterocycles. The van der Waals surface area contributed by atoms with E-state index in [0.717, 1.165) is 26.1 Å². The van der Waals surface area contributed by atoms with Gasteiger partial charge in [-0.3, -0.25) is 0 Å². The Morgan fingerprint density at radius 3 is 2.91 bits per heavy atom. The molecule has 7 heteroatoms. The highest BCUT2D eigenvalue weighted by atomic mass is 16.5. The van der Waals surface area contributed by atoms with E-state index in [-0.39, 0.29) is 12.1 Å². The summed E-state index contributed by atoms with van der Waals surface area (Å²) in [4.78, 5) is 20.6. The fraction of sp³-hybridized carbons (Fsp3) is 0.625. The molecule has 1 atom stereocenters. The number of carbonyl (C=O) groups is 1. The molecule has 23 heavy (non-hydrogen) atoms. The Kier molecular flexibility index (Phi) is 6.61. The topological polar surface area (TPSA) is 66.9 Å². The number of pyridine rings is 1. The van der Waals surface area contributed by atoms with Crippen LogP contribution < -0.4 is 10.1 Å². The zero-order valence-electron chi connectivity index (χ0n) is 14.1. The van der Waals surface area contributed by atoms with Gasteiger partial charge in [0.15, 0.2) is 0 Å². The third-order valence-electron chi connectivity index (χ3n) is 4.09. The van der Waals surface area contributed by atoms with Gasteiger partial charge in [0, 0.05) is 39.4 Å². The van der Waals surface area contributed by atoms with Crippen LogP contribution in [0, 0.1) is 0 Å². The number of hydrogen-bond donors (Lipinski definition) is 1. The van der Waals surface area contributed by atoms with Gasteiger partial charge >= 0.3 is 6.03 Å². The third-order valence-corrected chi connectivity index (χ3v) is 4.09. The van der Waals surface area contributed by atoms with Gasteiger partial charge in [-0.2, -0.15) is 0 Å². The van der Waals surface area contributed by atoms with E-state index in [9.17, 15) is 4.79 Å². The molecule has 0 unspecified atom stereocenters. The molecule has 128 valence electrons.